The summed E-state index contributed by atoms with van der Waals surface area (Å²) in [6.45, 7) is 0. The predicted octanol–water partition coefficient (Wildman–Crippen LogP) is 2.08. The van der Waals surface area contributed by atoms with E-state index in [2.05, 4.69) is 5.10 Å². The lowest BCUT2D eigenvalue weighted by molar-refractivity contribution is 0.752. The number of aromatic amines is 1. The van der Waals surface area contributed by atoms with Gasteiger partial charge < -0.3 is 0 Å². The summed E-state index contributed by atoms with van der Waals surface area (Å²) < 4.78 is 3.49. The largest absolute Gasteiger partial charge is 0.294 e. The summed E-state index contributed by atoms with van der Waals surface area (Å²) in [7, 11) is 1.74. The number of nitrogens with zero attached hydrogens (tertiary/aromatic N) is 1. The molecule has 0 spiro atoms. The van der Waals surface area contributed by atoms with Crippen LogP contribution in [0, 0.1) is 0 Å². The Morgan fingerprint density at radius 1 is 1.36 bits per heavy atom. The van der Waals surface area contributed by atoms with Gasteiger partial charge in [0, 0.05) is 17.1 Å². The topological polar surface area (TPSA) is 37.8 Å². The molecular formula is C10H8N2OS. The van der Waals surface area contributed by atoms with Gasteiger partial charge in [-0.3, -0.25) is 14.6 Å². The molecule has 0 fully saturated rings. The third-order valence-corrected chi connectivity index (χ3v) is 3.53. The molecular weight excluding hydrogens is 196 g/mol. The smallest absolute Gasteiger partial charge is 0.284 e. The molecule has 0 amide bonds. The first-order valence-corrected chi connectivity index (χ1v) is 5.15. The minimum atomic E-state index is 0.0567. The van der Waals surface area contributed by atoms with Gasteiger partial charge in [0.25, 0.3) is 5.56 Å². The first-order chi connectivity index (χ1) is 6.77. The summed E-state index contributed by atoms with van der Waals surface area (Å²) >= 11 is 1.54. The number of aromatic nitrogens is 2. The average Bonchev–Trinajstić information content (AvgIpc) is 2.67. The van der Waals surface area contributed by atoms with Crippen LogP contribution < -0.4 is 5.56 Å². The van der Waals surface area contributed by atoms with E-state index in [0.717, 1.165) is 20.3 Å². The standard InChI is InChI=1S/C10H8N2OS/c1-12-10(13)9-8(11-12)6-4-2-3-5-7(6)14-9/h2-5,11H,1H3. The van der Waals surface area contributed by atoms with Crippen LogP contribution in [0.3, 0.4) is 0 Å². The molecule has 14 heavy (non-hydrogen) atoms. The molecule has 4 heteroatoms. The lowest BCUT2D eigenvalue weighted by Crippen LogP contribution is -2.10. The minimum Gasteiger partial charge on any atom is -0.294 e. The van der Waals surface area contributed by atoms with Crippen LogP contribution in [0.25, 0.3) is 20.3 Å². The Labute approximate surface area is 83.6 Å². The second-order valence-electron chi connectivity index (χ2n) is 3.28. The monoisotopic (exact) mass is 204 g/mol. The normalized spacial score (nSPS) is 11.5. The van der Waals surface area contributed by atoms with Gasteiger partial charge in [-0.05, 0) is 6.07 Å². The molecule has 2 aromatic heterocycles. The zero-order chi connectivity index (χ0) is 9.71. The molecule has 1 aromatic carbocycles. The van der Waals surface area contributed by atoms with Gasteiger partial charge in [0.1, 0.15) is 4.70 Å². The average molecular weight is 204 g/mol. The lowest BCUT2D eigenvalue weighted by Gasteiger charge is -1.88. The van der Waals surface area contributed by atoms with E-state index in [0.29, 0.717) is 0 Å². The molecule has 0 bridgehead atoms. The fourth-order valence-corrected chi connectivity index (χ4v) is 2.81. The van der Waals surface area contributed by atoms with E-state index in [1.165, 1.54) is 4.68 Å². The molecule has 0 aliphatic rings. The van der Waals surface area contributed by atoms with E-state index in [1.807, 2.05) is 24.3 Å². The molecule has 0 unspecified atom stereocenters. The van der Waals surface area contributed by atoms with Crippen molar-refractivity contribution < 1.29 is 0 Å². The highest BCUT2D eigenvalue weighted by Gasteiger charge is 2.10. The zero-order valence-electron chi connectivity index (χ0n) is 7.57. The molecule has 2 heterocycles. The fraction of sp³-hybridized carbons (Fsp3) is 0.100. The fourth-order valence-electron chi connectivity index (χ4n) is 1.68. The Hall–Kier alpha value is -1.55. The van der Waals surface area contributed by atoms with Gasteiger partial charge in [0.05, 0.1) is 5.52 Å². The van der Waals surface area contributed by atoms with Crippen LogP contribution in [-0.2, 0) is 7.05 Å². The molecule has 0 aliphatic carbocycles. The third kappa shape index (κ3) is 0.834. The van der Waals surface area contributed by atoms with Gasteiger partial charge >= 0.3 is 0 Å². The van der Waals surface area contributed by atoms with E-state index >= 15 is 0 Å². The van der Waals surface area contributed by atoms with Crippen LogP contribution in [0.5, 0.6) is 0 Å². The van der Waals surface area contributed by atoms with Crippen molar-refractivity contribution >= 4 is 31.6 Å². The van der Waals surface area contributed by atoms with Gasteiger partial charge in [-0.25, -0.2) is 0 Å². The molecule has 1 N–H and O–H groups in total. The van der Waals surface area contributed by atoms with Crippen molar-refractivity contribution in [2.75, 3.05) is 0 Å². The van der Waals surface area contributed by atoms with Crippen LogP contribution in [0.4, 0.5) is 0 Å². The van der Waals surface area contributed by atoms with Crippen molar-refractivity contribution in [3.63, 3.8) is 0 Å². The molecule has 3 aromatic rings. The van der Waals surface area contributed by atoms with Crippen molar-refractivity contribution in [3.05, 3.63) is 34.6 Å². The van der Waals surface area contributed by atoms with E-state index in [9.17, 15) is 4.79 Å². The molecule has 70 valence electrons. The SMILES string of the molecule is Cn1[nH]c2c(sc3ccccc32)c1=O. The Morgan fingerprint density at radius 2 is 2.14 bits per heavy atom. The first kappa shape index (κ1) is 7.82. The Kier molecular flexibility index (Phi) is 1.39. The second-order valence-corrected chi connectivity index (χ2v) is 4.33. The number of aryl methyl sites for hydroxylation is 1. The number of hydrogen-bond donors (Lipinski definition) is 1. The van der Waals surface area contributed by atoms with Crippen molar-refractivity contribution in [3.8, 4) is 0 Å². The highest BCUT2D eigenvalue weighted by atomic mass is 32.1. The summed E-state index contributed by atoms with van der Waals surface area (Å²) in [5.74, 6) is 0. The summed E-state index contributed by atoms with van der Waals surface area (Å²) in [6, 6.07) is 8.04. The summed E-state index contributed by atoms with van der Waals surface area (Å²) in [4.78, 5) is 11.6. The molecule has 0 radical (unpaired) electrons. The molecule has 0 atom stereocenters. The van der Waals surface area contributed by atoms with Crippen LogP contribution in [0.1, 0.15) is 0 Å². The molecule has 0 saturated carbocycles. The van der Waals surface area contributed by atoms with Crippen molar-refractivity contribution in [1.29, 1.82) is 0 Å². The van der Waals surface area contributed by atoms with Gasteiger partial charge in [0.2, 0.25) is 0 Å². The van der Waals surface area contributed by atoms with Gasteiger partial charge in [-0.1, -0.05) is 18.2 Å². The first-order valence-electron chi connectivity index (χ1n) is 4.33. The highest BCUT2D eigenvalue weighted by molar-refractivity contribution is 7.25. The second kappa shape index (κ2) is 2.48. The molecule has 0 aliphatic heterocycles. The van der Waals surface area contributed by atoms with Gasteiger partial charge in [-0.15, -0.1) is 11.3 Å². The number of nitrogens with one attached hydrogen (secondary N) is 1. The third-order valence-electron chi connectivity index (χ3n) is 2.37. The summed E-state index contributed by atoms with van der Waals surface area (Å²) in [6.07, 6.45) is 0. The number of fused-ring (bicyclic) bond motifs is 3. The highest BCUT2D eigenvalue weighted by Crippen LogP contribution is 2.29. The number of hydrogen-bond acceptors (Lipinski definition) is 2. The quantitative estimate of drug-likeness (QED) is 0.598. The zero-order valence-corrected chi connectivity index (χ0v) is 8.39. The maximum Gasteiger partial charge on any atom is 0.284 e. The lowest BCUT2D eigenvalue weighted by atomic mass is 10.2. The molecule has 0 saturated heterocycles. The van der Waals surface area contributed by atoms with Gasteiger partial charge in [0.15, 0.2) is 0 Å². The van der Waals surface area contributed by atoms with Crippen LogP contribution in [0.2, 0.25) is 0 Å². The van der Waals surface area contributed by atoms with Crippen molar-refractivity contribution in [1.82, 2.24) is 9.78 Å². The van der Waals surface area contributed by atoms with Crippen molar-refractivity contribution in [2.24, 2.45) is 7.05 Å². The minimum absolute atomic E-state index is 0.0567. The molecule has 3 rings (SSSR count). The van der Waals surface area contributed by atoms with Crippen molar-refractivity contribution in [2.45, 2.75) is 0 Å². The van der Waals surface area contributed by atoms with E-state index in [-0.39, 0.29) is 5.56 Å². The number of benzene rings is 1. The van der Waals surface area contributed by atoms with Crippen LogP contribution in [0.15, 0.2) is 29.1 Å². The number of rotatable bonds is 0. The Bertz CT molecular complexity index is 674. The van der Waals surface area contributed by atoms with E-state index in [4.69, 9.17) is 0 Å². The summed E-state index contributed by atoms with van der Waals surface area (Å²) in [5.41, 5.74) is 1.01. The predicted molar refractivity (Wildman–Crippen MR) is 58.9 cm³/mol. The van der Waals surface area contributed by atoms with Gasteiger partial charge in [-0.2, -0.15) is 0 Å². The maximum absolute atomic E-state index is 11.6. The number of thiophene rings is 1. The van der Waals surface area contributed by atoms with Crippen LogP contribution in [-0.4, -0.2) is 9.78 Å². The van der Waals surface area contributed by atoms with E-state index < -0.39 is 0 Å². The Morgan fingerprint density at radius 3 is 3.00 bits per heavy atom. The molecule has 3 nitrogen and oxygen atoms in total. The van der Waals surface area contributed by atoms with Crippen LogP contribution >= 0.6 is 11.3 Å². The Balaban J connectivity index is 2.67. The maximum atomic E-state index is 11.6. The summed E-state index contributed by atoms with van der Waals surface area (Å²) in [5, 5.41) is 4.19. The number of H-pyrrole nitrogens is 1. The van der Waals surface area contributed by atoms with E-state index in [1.54, 1.807) is 18.4 Å².